The minimum absolute atomic E-state index is 0.0740. The Kier molecular flexibility index (Phi) is 4.73. The van der Waals surface area contributed by atoms with E-state index in [2.05, 4.69) is 4.98 Å². The van der Waals surface area contributed by atoms with Crippen LogP contribution in [0.3, 0.4) is 0 Å². The highest BCUT2D eigenvalue weighted by Gasteiger charge is 2.24. The molecule has 0 amide bonds. The maximum Gasteiger partial charge on any atom is 0.341 e. The number of nitrogens with zero attached hydrogens (tertiary/aromatic N) is 2. The zero-order chi connectivity index (χ0) is 17.1. The molecule has 0 unspecified atom stereocenters. The van der Waals surface area contributed by atoms with Crippen LogP contribution in [-0.4, -0.2) is 42.2 Å². The van der Waals surface area contributed by atoms with E-state index in [1.165, 1.54) is 7.05 Å². The number of hydrogen-bond donors (Lipinski definition) is 1. The molecule has 0 aliphatic carbocycles. The van der Waals surface area contributed by atoms with Gasteiger partial charge in [0.1, 0.15) is 29.3 Å². The molecule has 0 atom stereocenters. The van der Waals surface area contributed by atoms with Crippen molar-refractivity contribution < 1.29 is 28.2 Å². The van der Waals surface area contributed by atoms with Gasteiger partial charge in [0.15, 0.2) is 0 Å². The molecule has 8 heteroatoms. The van der Waals surface area contributed by atoms with Gasteiger partial charge in [-0.2, -0.15) is 0 Å². The van der Waals surface area contributed by atoms with Gasteiger partial charge in [-0.25, -0.2) is 13.6 Å². The molecule has 0 saturated carbocycles. The van der Waals surface area contributed by atoms with Crippen LogP contribution in [0.5, 0.6) is 0 Å². The zero-order valence-corrected chi connectivity index (χ0v) is 12.5. The van der Waals surface area contributed by atoms with Crippen LogP contribution in [-0.2, 0) is 9.53 Å². The van der Waals surface area contributed by atoms with E-state index in [0.717, 1.165) is 23.2 Å². The molecule has 0 aliphatic rings. The van der Waals surface area contributed by atoms with Gasteiger partial charge in [-0.1, -0.05) is 0 Å². The number of pyridine rings is 1. The van der Waals surface area contributed by atoms with Crippen LogP contribution in [0, 0.1) is 11.6 Å². The van der Waals surface area contributed by atoms with E-state index in [9.17, 15) is 18.4 Å². The molecule has 1 aromatic carbocycles. The normalized spacial score (nSPS) is 10.6. The number of aromatic nitrogens is 1. The third kappa shape index (κ3) is 3.20. The first-order chi connectivity index (χ1) is 10.9. The van der Waals surface area contributed by atoms with Crippen LogP contribution in [0.15, 0.2) is 18.3 Å². The number of likely N-dealkylation sites (N-methyl/N-ethyl adjacent to an activating group) is 1. The SMILES string of the molecule is CCOC(=O)c1cnc2c(F)ccc(F)c2c1N(C)CC(=O)O. The third-order valence-corrected chi connectivity index (χ3v) is 3.14. The fourth-order valence-electron chi connectivity index (χ4n) is 2.25. The van der Waals surface area contributed by atoms with Crippen LogP contribution in [0.4, 0.5) is 14.5 Å². The number of ether oxygens (including phenoxy) is 1. The molecule has 0 spiro atoms. The summed E-state index contributed by atoms with van der Waals surface area (Å²) in [4.78, 5) is 27.9. The Morgan fingerprint density at radius 1 is 1.30 bits per heavy atom. The van der Waals surface area contributed by atoms with Gasteiger partial charge in [0.25, 0.3) is 0 Å². The molecule has 6 nitrogen and oxygen atoms in total. The Labute approximate surface area is 130 Å². The van der Waals surface area contributed by atoms with Crippen molar-refractivity contribution in [3.63, 3.8) is 0 Å². The summed E-state index contributed by atoms with van der Waals surface area (Å²) in [5.41, 5.74) is -0.495. The maximum absolute atomic E-state index is 14.2. The van der Waals surface area contributed by atoms with Crippen LogP contribution in [0.2, 0.25) is 0 Å². The van der Waals surface area contributed by atoms with Crippen LogP contribution < -0.4 is 4.90 Å². The Morgan fingerprint density at radius 2 is 1.96 bits per heavy atom. The highest BCUT2D eigenvalue weighted by atomic mass is 19.1. The maximum atomic E-state index is 14.2. The Bertz CT molecular complexity index is 780. The van der Waals surface area contributed by atoms with E-state index >= 15 is 0 Å². The molecule has 1 aromatic heterocycles. The van der Waals surface area contributed by atoms with Crippen molar-refractivity contribution in [3.05, 3.63) is 35.5 Å². The fraction of sp³-hybridized carbons (Fsp3) is 0.267. The van der Waals surface area contributed by atoms with E-state index in [1.807, 2.05) is 0 Å². The minimum atomic E-state index is -1.19. The molecule has 0 radical (unpaired) electrons. The van der Waals surface area contributed by atoms with Gasteiger partial charge in [-0.05, 0) is 19.1 Å². The lowest BCUT2D eigenvalue weighted by atomic mass is 10.1. The van der Waals surface area contributed by atoms with Gasteiger partial charge in [0.05, 0.1) is 17.7 Å². The monoisotopic (exact) mass is 324 g/mol. The summed E-state index contributed by atoms with van der Waals surface area (Å²) in [6.07, 6.45) is 1.05. The van der Waals surface area contributed by atoms with Crippen molar-refractivity contribution in [2.75, 3.05) is 25.1 Å². The molecule has 0 fully saturated rings. The van der Waals surface area contributed by atoms with Crippen molar-refractivity contribution in [2.24, 2.45) is 0 Å². The number of hydrogen-bond acceptors (Lipinski definition) is 5. The second kappa shape index (κ2) is 6.55. The fourth-order valence-corrected chi connectivity index (χ4v) is 2.25. The molecule has 0 bridgehead atoms. The van der Waals surface area contributed by atoms with Crippen molar-refractivity contribution in [3.8, 4) is 0 Å². The first-order valence-corrected chi connectivity index (χ1v) is 6.73. The number of carbonyl (C=O) groups excluding carboxylic acids is 1. The smallest absolute Gasteiger partial charge is 0.341 e. The number of carboxylic acid groups (broad SMARTS) is 1. The van der Waals surface area contributed by atoms with Gasteiger partial charge in [0, 0.05) is 13.2 Å². The van der Waals surface area contributed by atoms with E-state index in [-0.39, 0.29) is 28.8 Å². The highest BCUT2D eigenvalue weighted by Crippen LogP contribution is 2.32. The molecular weight excluding hydrogens is 310 g/mol. The minimum Gasteiger partial charge on any atom is -0.480 e. The van der Waals surface area contributed by atoms with Gasteiger partial charge >= 0.3 is 11.9 Å². The molecule has 2 rings (SSSR count). The molecule has 122 valence electrons. The van der Waals surface area contributed by atoms with E-state index in [4.69, 9.17) is 9.84 Å². The molecule has 23 heavy (non-hydrogen) atoms. The summed E-state index contributed by atoms with van der Waals surface area (Å²) >= 11 is 0. The van der Waals surface area contributed by atoms with E-state index in [0.29, 0.717) is 0 Å². The standard InChI is InChI=1S/C15H14F2N2O4/c1-3-23-15(22)8-6-18-13-10(17)5-4-9(16)12(13)14(8)19(2)7-11(20)21/h4-6H,3,7H2,1-2H3,(H,20,21). The summed E-state index contributed by atoms with van der Waals surface area (Å²) in [5, 5.41) is 8.67. The Morgan fingerprint density at radius 3 is 2.57 bits per heavy atom. The average molecular weight is 324 g/mol. The predicted molar refractivity (Wildman–Crippen MR) is 78.5 cm³/mol. The second-order valence-corrected chi connectivity index (χ2v) is 4.74. The van der Waals surface area contributed by atoms with Gasteiger partial charge in [-0.3, -0.25) is 9.78 Å². The summed E-state index contributed by atoms with van der Waals surface area (Å²) < 4.78 is 33.0. The van der Waals surface area contributed by atoms with Crippen molar-refractivity contribution >= 4 is 28.5 Å². The Balaban J connectivity index is 2.78. The van der Waals surface area contributed by atoms with Gasteiger partial charge in [0.2, 0.25) is 0 Å². The average Bonchev–Trinajstić information content (AvgIpc) is 2.49. The topological polar surface area (TPSA) is 79.7 Å². The van der Waals surface area contributed by atoms with E-state index < -0.39 is 30.1 Å². The summed E-state index contributed by atoms with van der Waals surface area (Å²) in [6.45, 7) is 1.15. The number of aliphatic carboxylic acids is 1. The number of carbonyl (C=O) groups is 2. The molecule has 1 N–H and O–H groups in total. The number of anilines is 1. The molecule has 1 heterocycles. The van der Waals surface area contributed by atoms with E-state index in [1.54, 1.807) is 6.92 Å². The number of benzene rings is 1. The summed E-state index contributed by atoms with van der Waals surface area (Å²) in [6, 6.07) is 1.81. The lowest BCUT2D eigenvalue weighted by Crippen LogP contribution is -2.27. The quantitative estimate of drug-likeness (QED) is 0.850. The molecular formula is C15H14F2N2O4. The number of carboxylic acids is 1. The largest absolute Gasteiger partial charge is 0.480 e. The first kappa shape index (κ1) is 16.6. The number of rotatable bonds is 5. The first-order valence-electron chi connectivity index (χ1n) is 6.73. The van der Waals surface area contributed by atoms with Crippen molar-refractivity contribution in [1.29, 1.82) is 0 Å². The van der Waals surface area contributed by atoms with Crippen LogP contribution in [0.25, 0.3) is 10.9 Å². The lowest BCUT2D eigenvalue weighted by Gasteiger charge is -2.22. The number of halogens is 2. The van der Waals surface area contributed by atoms with Gasteiger partial charge < -0.3 is 14.7 Å². The lowest BCUT2D eigenvalue weighted by molar-refractivity contribution is -0.135. The summed E-state index contributed by atoms with van der Waals surface area (Å²) in [7, 11) is 1.36. The van der Waals surface area contributed by atoms with Gasteiger partial charge in [-0.15, -0.1) is 0 Å². The number of esters is 1. The Hall–Kier alpha value is -2.77. The predicted octanol–water partition coefficient (Wildman–Crippen LogP) is 2.21. The van der Waals surface area contributed by atoms with Crippen LogP contribution in [0.1, 0.15) is 17.3 Å². The third-order valence-electron chi connectivity index (χ3n) is 3.14. The zero-order valence-electron chi connectivity index (χ0n) is 12.5. The molecule has 0 saturated heterocycles. The summed E-state index contributed by atoms with van der Waals surface area (Å²) in [5.74, 6) is -3.57. The highest BCUT2D eigenvalue weighted by molar-refractivity contribution is 6.06. The van der Waals surface area contributed by atoms with Crippen molar-refractivity contribution in [2.45, 2.75) is 6.92 Å². The number of fused-ring (bicyclic) bond motifs is 1. The molecule has 0 aliphatic heterocycles. The second-order valence-electron chi connectivity index (χ2n) is 4.74. The van der Waals surface area contributed by atoms with Crippen LogP contribution >= 0.6 is 0 Å². The van der Waals surface area contributed by atoms with Crippen molar-refractivity contribution in [1.82, 2.24) is 4.98 Å². The molecule has 2 aromatic rings.